The van der Waals surface area contributed by atoms with Gasteiger partial charge in [-0.3, -0.25) is 0 Å². The highest BCUT2D eigenvalue weighted by Gasteiger charge is 2.08. The lowest BCUT2D eigenvalue weighted by Crippen LogP contribution is -1.77. The second-order valence-corrected chi connectivity index (χ2v) is 9.19. The summed E-state index contributed by atoms with van der Waals surface area (Å²) in [5.74, 6) is 0. The summed E-state index contributed by atoms with van der Waals surface area (Å²) in [7, 11) is 0. The maximum absolute atomic E-state index is 4.02. The Morgan fingerprint density at radius 2 is 1.28 bits per heavy atom. The maximum atomic E-state index is 4.02. The molecular weight excluding hydrogens is 388 g/mol. The first kappa shape index (κ1) is 19.6. The third kappa shape index (κ3) is 3.78. The summed E-state index contributed by atoms with van der Waals surface area (Å²) in [5.41, 5.74) is 5.03. The van der Waals surface area contributed by atoms with Gasteiger partial charge in [0.25, 0.3) is 0 Å². The zero-order valence-corrected chi connectivity index (χ0v) is 18.7. The number of benzene rings is 2. The smallest absolute Gasteiger partial charge is 0.0355 e. The van der Waals surface area contributed by atoms with Crippen LogP contribution in [0.15, 0.2) is 55.1 Å². The van der Waals surface area contributed by atoms with Crippen LogP contribution in [0, 0.1) is 6.92 Å². The third-order valence-corrected chi connectivity index (χ3v) is 7.47. The second kappa shape index (κ2) is 8.36. The maximum Gasteiger partial charge on any atom is 0.0355 e. The molecule has 0 saturated carbocycles. The molecule has 0 aliphatic heterocycles. The number of thiophene rings is 2. The van der Waals surface area contributed by atoms with E-state index >= 15 is 0 Å². The predicted molar refractivity (Wildman–Crippen MR) is 137 cm³/mol. The van der Waals surface area contributed by atoms with Gasteiger partial charge in [0.15, 0.2) is 0 Å². The minimum atomic E-state index is 1.21. The number of hydrogen-bond donors (Lipinski definition) is 0. The van der Waals surface area contributed by atoms with Gasteiger partial charge in [0.1, 0.15) is 0 Å². The number of aryl methyl sites for hydroxylation is 1. The predicted octanol–water partition coefficient (Wildman–Crippen LogP) is 9.30. The first-order valence-corrected chi connectivity index (χ1v) is 11.4. The Kier molecular flexibility index (Phi) is 5.66. The fourth-order valence-electron chi connectivity index (χ4n) is 3.61. The van der Waals surface area contributed by atoms with Gasteiger partial charge in [-0.15, -0.1) is 22.7 Å². The van der Waals surface area contributed by atoms with Gasteiger partial charge in [0.2, 0.25) is 0 Å². The van der Waals surface area contributed by atoms with E-state index in [9.17, 15) is 0 Å². The van der Waals surface area contributed by atoms with E-state index in [0.29, 0.717) is 0 Å². The second-order valence-electron chi connectivity index (χ2n) is 7.02. The third-order valence-electron chi connectivity index (χ3n) is 5.08. The topological polar surface area (TPSA) is 0 Å². The highest BCUT2D eigenvalue weighted by Crippen LogP contribution is 2.35. The fourth-order valence-corrected chi connectivity index (χ4v) is 5.93. The Hall–Kier alpha value is -2.68. The van der Waals surface area contributed by atoms with E-state index in [1.54, 1.807) is 0 Å². The lowest BCUT2D eigenvalue weighted by Gasteiger charge is -1.99. The summed E-state index contributed by atoms with van der Waals surface area (Å²) < 4.78 is 2.65. The standard InChI is InChI=1S/C27H24S2/c1-5-8-24-18(4)22-16-19(12-14-26(22)28-24)10-11-20-13-15-27-23(17-20)21(7-3)25(29-27)9-6-2/h5-17H,3H2,1-2,4H3. The Morgan fingerprint density at radius 3 is 1.90 bits per heavy atom. The van der Waals surface area contributed by atoms with Crippen LogP contribution in [0.25, 0.3) is 50.6 Å². The monoisotopic (exact) mass is 412 g/mol. The number of fused-ring (bicyclic) bond motifs is 2. The van der Waals surface area contributed by atoms with Crippen molar-refractivity contribution in [2.24, 2.45) is 0 Å². The molecule has 2 aromatic carbocycles. The van der Waals surface area contributed by atoms with E-state index < -0.39 is 0 Å². The largest absolute Gasteiger partial charge is 0.136 e. The Bertz CT molecular complexity index is 1290. The van der Waals surface area contributed by atoms with Crippen LogP contribution in [0.2, 0.25) is 0 Å². The number of rotatable bonds is 5. The molecule has 0 amide bonds. The van der Waals surface area contributed by atoms with E-state index in [4.69, 9.17) is 0 Å². The minimum absolute atomic E-state index is 1.21. The molecule has 0 atom stereocenters. The highest BCUT2D eigenvalue weighted by molar-refractivity contribution is 7.20. The van der Waals surface area contributed by atoms with Crippen LogP contribution in [0.1, 0.15) is 45.9 Å². The van der Waals surface area contributed by atoms with Crippen LogP contribution in [0.5, 0.6) is 0 Å². The van der Waals surface area contributed by atoms with Gasteiger partial charge in [-0.25, -0.2) is 0 Å². The van der Waals surface area contributed by atoms with Crippen molar-refractivity contribution in [1.82, 2.24) is 0 Å². The molecule has 2 heteroatoms. The van der Waals surface area contributed by atoms with Crippen molar-refractivity contribution in [3.05, 3.63) is 87.1 Å². The SMILES string of the molecule is C=Cc1c(C=CC)sc2ccc(C=Cc3ccc4sc(C=CC)c(C)c4c3)cc12. The van der Waals surface area contributed by atoms with Crippen molar-refractivity contribution < 1.29 is 0 Å². The van der Waals surface area contributed by atoms with Gasteiger partial charge < -0.3 is 0 Å². The molecule has 0 saturated heterocycles. The lowest BCUT2D eigenvalue weighted by atomic mass is 10.0. The number of hydrogen-bond acceptors (Lipinski definition) is 2. The van der Waals surface area contributed by atoms with E-state index in [1.807, 2.05) is 28.7 Å². The lowest BCUT2D eigenvalue weighted by molar-refractivity contribution is 1.56. The van der Waals surface area contributed by atoms with Crippen molar-refractivity contribution >= 4 is 73.2 Å². The van der Waals surface area contributed by atoms with Crippen molar-refractivity contribution in [3.63, 3.8) is 0 Å². The molecule has 4 aromatic rings. The van der Waals surface area contributed by atoms with Gasteiger partial charge in [0, 0.05) is 24.5 Å². The van der Waals surface area contributed by atoms with Crippen molar-refractivity contribution in [2.75, 3.05) is 0 Å². The molecule has 2 aromatic heterocycles. The summed E-state index contributed by atoms with van der Waals surface area (Å²) >= 11 is 3.68. The molecule has 0 unspecified atom stereocenters. The van der Waals surface area contributed by atoms with E-state index in [0.717, 1.165) is 0 Å². The molecule has 0 radical (unpaired) electrons. The molecule has 2 heterocycles. The van der Waals surface area contributed by atoms with E-state index in [2.05, 4.69) is 100 Å². The molecule has 0 aliphatic carbocycles. The van der Waals surface area contributed by atoms with Gasteiger partial charge >= 0.3 is 0 Å². The molecule has 0 fully saturated rings. The highest BCUT2D eigenvalue weighted by atomic mass is 32.1. The average Bonchev–Trinajstić information content (AvgIpc) is 3.23. The van der Waals surface area contributed by atoms with Gasteiger partial charge in [0.05, 0.1) is 0 Å². The van der Waals surface area contributed by atoms with Crippen LogP contribution in [0.4, 0.5) is 0 Å². The van der Waals surface area contributed by atoms with Crippen LogP contribution in [-0.2, 0) is 0 Å². The number of allylic oxidation sites excluding steroid dienone is 2. The normalized spacial score (nSPS) is 12.4. The van der Waals surface area contributed by atoms with E-state index in [-0.39, 0.29) is 0 Å². The van der Waals surface area contributed by atoms with Crippen LogP contribution < -0.4 is 0 Å². The zero-order chi connectivity index (χ0) is 20.4. The summed E-state index contributed by atoms with van der Waals surface area (Å²) in [6.07, 6.45) is 14.9. The Morgan fingerprint density at radius 1 is 0.724 bits per heavy atom. The fraction of sp³-hybridized carbons (Fsp3) is 0.111. The molecule has 29 heavy (non-hydrogen) atoms. The summed E-state index contributed by atoms with van der Waals surface area (Å²) in [6, 6.07) is 13.4. The van der Waals surface area contributed by atoms with E-state index in [1.165, 1.54) is 52.2 Å². The van der Waals surface area contributed by atoms with Crippen molar-refractivity contribution in [2.45, 2.75) is 20.8 Å². The Balaban J connectivity index is 1.70. The molecule has 0 aliphatic rings. The van der Waals surface area contributed by atoms with Crippen LogP contribution in [0.3, 0.4) is 0 Å². The first-order chi connectivity index (χ1) is 14.1. The molecule has 144 valence electrons. The quantitative estimate of drug-likeness (QED) is 0.286. The molecular formula is C27H24S2. The molecule has 0 N–H and O–H groups in total. The average molecular weight is 413 g/mol. The summed E-state index contributed by atoms with van der Waals surface area (Å²) in [4.78, 5) is 2.62. The molecule has 0 spiro atoms. The first-order valence-electron chi connectivity index (χ1n) is 9.80. The van der Waals surface area contributed by atoms with Crippen LogP contribution in [-0.4, -0.2) is 0 Å². The molecule has 4 rings (SSSR count). The van der Waals surface area contributed by atoms with Crippen molar-refractivity contribution in [3.8, 4) is 0 Å². The minimum Gasteiger partial charge on any atom is -0.136 e. The molecule has 0 bridgehead atoms. The van der Waals surface area contributed by atoms with Gasteiger partial charge in [-0.2, -0.15) is 0 Å². The summed E-state index contributed by atoms with van der Waals surface area (Å²) in [5, 5.41) is 2.63. The van der Waals surface area contributed by atoms with Crippen LogP contribution >= 0.6 is 22.7 Å². The Labute approximate surface area is 180 Å². The summed E-state index contributed by atoms with van der Waals surface area (Å²) in [6.45, 7) is 10.4. The van der Waals surface area contributed by atoms with Crippen molar-refractivity contribution in [1.29, 1.82) is 0 Å². The van der Waals surface area contributed by atoms with Gasteiger partial charge in [-0.05, 0) is 84.8 Å². The zero-order valence-electron chi connectivity index (χ0n) is 17.0. The molecule has 0 nitrogen and oxygen atoms in total. The van der Waals surface area contributed by atoms with Gasteiger partial charge in [-0.1, -0.05) is 49.1 Å².